The van der Waals surface area contributed by atoms with Crippen molar-refractivity contribution in [2.24, 2.45) is 0 Å². The number of hydrogen-bond acceptors (Lipinski definition) is 4. The SMILES string of the molecule is c1cc(-c2cncs2)cc(-c2ccc3ccc4c(-c5cccc(-c6cncs6)c5)ccc5ccc2c3c54)c1. The molecule has 0 spiro atoms. The number of rotatable bonds is 4. The van der Waals surface area contributed by atoms with E-state index >= 15 is 0 Å². The van der Waals surface area contributed by atoms with Gasteiger partial charge < -0.3 is 0 Å². The largest absolute Gasteiger partial charge is 0.252 e. The predicted molar refractivity (Wildman–Crippen MR) is 163 cm³/mol. The van der Waals surface area contributed by atoms with Crippen LogP contribution in [0.3, 0.4) is 0 Å². The van der Waals surface area contributed by atoms with E-state index in [0.717, 1.165) is 0 Å². The summed E-state index contributed by atoms with van der Waals surface area (Å²) in [6, 6.07) is 35.9. The zero-order chi connectivity index (χ0) is 25.1. The van der Waals surface area contributed by atoms with E-state index in [9.17, 15) is 0 Å². The number of thiazole rings is 2. The molecule has 6 aromatic carbocycles. The van der Waals surface area contributed by atoms with Gasteiger partial charge in [0, 0.05) is 12.4 Å². The van der Waals surface area contributed by atoms with Crippen LogP contribution in [-0.4, -0.2) is 9.97 Å². The number of nitrogens with zero attached hydrogens (tertiary/aromatic N) is 2. The van der Waals surface area contributed by atoms with Gasteiger partial charge in [0.2, 0.25) is 0 Å². The fourth-order valence-electron chi connectivity index (χ4n) is 5.70. The highest BCUT2D eigenvalue weighted by molar-refractivity contribution is 7.13. The summed E-state index contributed by atoms with van der Waals surface area (Å²) >= 11 is 3.35. The Hall–Kier alpha value is -4.38. The first-order chi connectivity index (χ1) is 18.8. The van der Waals surface area contributed by atoms with Gasteiger partial charge in [0.15, 0.2) is 0 Å². The minimum absolute atomic E-state index is 1.19. The van der Waals surface area contributed by atoms with Gasteiger partial charge >= 0.3 is 0 Å². The summed E-state index contributed by atoms with van der Waals surface area (Å²) in [7, 11) is 0. The van der Waals surface area contributed by atoms with E-state index in [2.05, 4.69) is 107 Å². The van der Waals surface area contributed by atoms with Crippen LogP contribution in [-0.2, 0) is 0 Å². The summed E-state index contributed by atoms with van der Waals surface area (Å²) < 4.78 is 0. The maximum atomic E-state index is 4.28. The third-order valence-electron chi connectivity index (χ3n) is 7.45. The smallest absolute Gasteiger partial charge is 0.0797 e. The topological polar surface area (TPSA) is 25.8 Å². The van der Waals surface area contributed by atoms with E-state index in [4.69, 9.17) is 0 Å². The number of aromatic nitrogens is 2. The number of benzene rings is 6. The molecule has 0 aliphatic rings. The zero-order valence-electron chi connectivity index (χ0n) is 20.3. The fourth-order valence-corrected chi connectivity index (χ4v) is 6.94. The summed E-state index contributed by atoms with van der Waals surface area (Å²) in [5.41, 5.74) is 11.2. The Labute approximate surface area is 227 Å². The van der Waals surface area contributed by atoms with Gasteiger partial charge in [0.05, 0.1) is 20.8 Å². The molecule has 4 heteroatoms. The van der Waals surface area contributed by atoms with Crippen LogP contribution in [0.25, 0.3) is 75.5 Å². The van der Waals surface area contributed by atoms with Crippen LogP contribution in [0.5, 0.6) is 0 Å². The van der Waals surface area contributed by atoms with Gasteiger partial charge in [-0.2, -0.15) is 0 Å². The highest BCUT2D eigenvalue weighted by Gasteiger charge is 2.15. The Kier molecular flexibility index (Phi) is 4.90. The van der Waals surface area contributed by atoms with Crippen LogP contribution < -0.4 is 0 Å². The van der Waals surface area contributed by atoms with E-state index in [0.29, 0.717) is 0 Å². The molecule has 0 N–H and O–H groups in total. The quantitative estimate of drug-likeness (QED) is 0.216. The van der Waals surface area contributed by atoms with Crippen LogP contribution in [0, 0.1) is 0 Å². The highest BCUT2D eigenvalue weighted by Crippen LogP contribution is 2.43. The van der Waals surface area contributed by atoms with Crippen molar-refractivity contribution in [1.82, 2.24) is 9.97 Å². The summed E-state index contributed by atoms with van der Waals surface area (Å²) in [4.78, 5) is 10.9. The van der Waals surface area contributed by atoms with Crippen LogP contribution in [0.1, 0.15) is 0 Å². The molecule has 0 bridgehead atoms. The maximum absolute atomic E-state index is 4.28. The molecule has 2 nitrogen and oxygen atoms in total. The van der Waals surface area contributed by atoms with Gasteiger partial charge in [-0.1, -0.05) is 84.9 Å². The molecule has 178 valence electrons. The average Bonchev–Trinajstić information content (AvgIpc) is 3.71. The third kappa shape index (κ3) is 3.38. The summed E-state index contributed by atoms with van der Waals surface area (Å²) in [5.74, 6) is 0. The predicted octanol–water partition coefficient (Wildman–Crippen LogP) is 10.2. The summed E-state index contributed by atoms with van der Waals surface area (Å²) in [6.45, 7) is 0. The van der Waals surface area contributed by atoms with Crippen LogP contribution in [0.2, 0.25) is 0 Å². The maximum Gasteiger partial charge on any atom is 0.0797 e. The van der Waals surface area contributed by atoms with Gasteiger partial charge in [0.25, 0.3) is 0 Å². The van der Waals surface area contributed by atoms with E-state index in [1.54, 1.807) is 22.7 Å². The van der Waals surface area contributed by atoms with Crippen molar-refractivity contribution < 1.29 is 0 Å². The molecule has 0 fully saturated rings. The molecule has 2 heterocycles. The summed E-state index contributed by atoms with van der Waals surface area (Å²) in [5, 5.41) is 7.80. The van der Waals surface area contributed by atoms with Crippen LogP contribution >= 0.6 is 22.7 Å². The third-order valence-corrected chi connectivity index (χ3v) is 9.09. The first-order valence-corrected chi connectivity index (χ1v) is 14.3. The monoisotopic (exact) mass is 520 g/mol. The minimum Gasteiger partial charge on any atom is -0.252 e. The van der Waals surface area contributed by atoms with E-state index in [1.165, 1.54) is 75.5 Å². The van der Waals surface area contributed by atoms with Crippen molar-refractivity contribution in [3.05, 3.63) is 120 Å². The molecule has 8 aromatic rings. The van der Waals surface area contributed by atoms with E-state index < -0.39 is 0 Å². The van der Waals surface area contributed by atoms with Gasteiger partial charge in [-0.3, -0.25) is 9.97 Å². The molecule has 0 atom stereocenters. The van der Waals surface area contributed by atoms with Crippen LogP contribution in [0.15, 0.2) is 120 Å². The second-order valence-corrected chi connectivity index (χ2v) is 11.3. The molecule has 0 amide bonds. The van der Waals surface area contributed by atoms with Crippen molar-refractivity contribution >= 4 is 55.0 Å². The Balaban J connectivity index is 1.36. The molecule has 0 saturated heterocycles. The molecule has 0 aliphatic heterocycles. The van der Waals surface area contributed by atoms with Crippen molar-refractivity contribution in [2.45, 2.75) is 0 Å². The first-order valence-electron chi connectivity index (χ1n) is 12.5. The Bertz CT molecular complexity index is 1920. The molecule has 38 heavy (non-hydrogen) atoms. The zero-order valence-corrected chi connectivity index (χ0v) is 21.9. The van der Waals surface area contributed by atoms with Crippen molar-refractivity contribution in [2.75, 3.05) is 0 Å². The lowest BCUT2D eigenvalue weighted by Crippen LogP contribution is -1.90. The van der Waals surface area contributed by atoms with Crippen molar-refractivity contribution in [1.29, 1.82) is 0 Å². The molecule has 0 aliphatic carbocycles. The first kappa shape index (κ1) is 21.7. The average molecular weight is 521 g/mol. The Morgan fingerprint density at radius 1 is 0.447 bits per heavy atom. The second-order valence-electron chi connectivity index (χ2n) is 9.54. The molecule has 0 radical (unpaired) electrons. The lowest BCUT2D eigenvalue weighted by atomic mass is 9.87. The fraction of sp³-hybridized carbons (Fsp3) is 0. The Morgan fingerprint density at radius 3 is 1.34 bits per heavy atom. The standard InChI is InChI=1S/C34H20N2S2/c1-3-23(15-25(5-1)31-17-35-19-37-31)27-11-7-21-10-14-30-28(12-8-22-9-13-29(27)33(21)34(22)30)24-4-2-6-26(16-24)32-18-36-20-38-32/h1-20H. The lowest BCUT2D eigenvalue weighted by molar-refractivity contribution is 1.42. The van der Waals surface area contributed by atoms with Gasteiger partial charge in [0.1, 0.15) is 0 Å². The molecular weight excluding hydrogens is 501 g/mol. The Morgan fingerprint density at radius 2 is 0.895 bits per heavy atom. The van der Waals surface area contributed by atoms with Gasteiger partial charge in [-0.25, -0.2) is 0 Å². The second kappa shape index (κ2) is 8.59. The highest BCUT2D eigenvalue weighted by atomic mass is 32.1. The molecular formula is C34H20N2S2. The summed E-state index contributed by atoms with van der Waals surface area (Å²) in [6.07, 6.45) is 3.89. The number of hydrogen-bond donors (Lipinski definition) is 0. The van der Waals surface area contributed by atoms with Crippen molar-refractivity contribution in [3.63, 3.8) is 0 Å². The van der Waals surface area contributed by atoms with E-state index in [-0.39, 0.29) is 0 Å². The van der Waals surface area contributed by atoms with Crippen LogP contribution in [0.4, 0.5) is 0 Å². The lowest BCUT2D eigenvalue weighted by Gasteiger charge is -2.17. The molecule has 2 aromatic heterocycles. The van der Waals surface area contributed by atoms with Gasteiger partial charge in [-0.15, -0.1) is 22.7 Å². The van der Waals surface area contributed by atoms with Gasteiger partial charge in [-0.05, 0) is 77.8 Å². The molecule has 8 rings (SSSR count). The van der Waals surface area contributed by atoms with E-state index in [1.807, 2.05) is 23.4 Å². The molecule has 0 unspecified atom stereocenters. The molecule has 0 saturated carbocycles. The normalized spacial score (nSPS) is 11.7. The van der Waals surface area contributed by atoms with Crippen molar-refractivity contribution in [3.8, 4) is 43.1 Å². The minimum atomic E-state index is 1.19.